The van der Waals surface area contributed by atoms with E-state index in [-0.39, 0.29) is 12.3 Å². The zero-order valence-electron chi connectivity index (χ0n) is 18.2. The highest BCUT2D eigenvalue weighted by Crippen LogP contribution is 2.30. The van der Waals surface area contributed by atoms with Gasteiger partial charge in [-0.1, -0.05) is 18.2 Å². The van der Waals surface area contributed by atoms with E-state index in [9.17, 15) is 14.9 Å². The molecule has 1 aromatic rings. The number of para-hydroxylation sites is 1. The van der Waals surface area contributed by atoms with Gasteiger partial charge in [0.25, 0.3) is 0 Å². The number of hydrogen-bond acceptors (Lipinski definition) is 6. The molecule has 0 radical (unpaired) electrons. The fourth-order valence-corrected chi connectivity index (χ4v) is 3.18. The quantitative estimate of drug-likeness (QED) is 0.530. The number of piperidine rings is 1. The molecule has 1 aliphatic heterocycles. The predicted molar refractivity (Wildman–Crippen MR) is 119 cm³/mol. The summed E-state index contributed by atoms with van der Waals surface area (Å²) in [4.78, 5) is 34.7. The van der Waals surface area contributed by atoms with Crippen molar-refractivity contribution in [3.8, 4) is 6.07 Å². The Kier molecular flexibility index (Phi) is 7.75. The Morgan fingerprint density at radius 2 is 1.87 bits per heavy atom. The number of ether oxygens (including phenoxy) is 1. The second kappa shape index (κ2) is 10.1. The summed E-state index contributed by atoms with van der Waals surface area (Å²) in [6.45, 7) is 6.21. The summed E-state index contributed by atoms with van der Waals surface area (Å²) in [6.07, 6.45) is 2.04. The first-order valence-corrected chi connectivity index (χ1v) is 10.1. The van der Waals surface area contributed by atoms with Gasteiger partial charge in [0.1, 0.15) is 17.4 Å². The number of amides is 2. The van der Waals surface area contributed by atoms with Crippen LogP contribution in [-0.2, 0) is 9.53 Å². The smallest absolute Gasteiger partial charge is 0.410 e. The van der Waals surface area contributed by atoms with Crippen LogP contribution in [0.5, 0.6) is 0 Å². The maximum Gasteiger partial charge on any atom is 0.410 e. The third kappa shape index (κ3) is 7.10. The van der Waals surface area contributed by atoms with E-state index in [2.05, 4.69) is 16.1 Å². The first-order valence-electron chi connectivity index (χ1n) is 10.1. The minimum absolute atomic E-state index is 0.0285. The number of nitrogens with zero attached hydrogens (tertiary/aromatic N) is 4. The zero-order chi connectivity index (χ0) is 23.1. The van der Waals surface area contributed by atoms with Crippen LogP contribution in [0.15, 0.2) is 40.3 Å². The molecule has 1 aromatic carbocycles. The van der Waals surface area contributed by atoms with Crippen LogP contribution >= 0.6 is 0 Å². The number of aliphatic imine (C=N–C) groups is 2. The van der Waals surface area contributed by atoms with E-state index in [0.717, 1.165) is 0 Å². The number of carbonyl (C=O) groups excluding carboxylic acids is 2. The Labute approximate surface area is 182 Å². The Morgan fingerprint density at radius 1 is 1.26 bits per heavy atom. The molecule has 1 saturated heterocycles. The standard InChI is InChI=1S/C22H30N6O3/c1-21(2,3)31-20(30)28-13-10-22(9-12-23,11-14-28)26-15-17(19(25)29)18(24)27-16-7-5-4-6-8-16/h4-8,15,17H,9-11,13-14H2,1-3H3,(H2,24,27)(H2,25,29). The van der Waals surface area contributed by atoms with Gasteiger partial charge >= 0.3 is 6.09 Å². The van der Waals surface area contributed by atoms with Crippen LogP contribution in [0.25, 0.3) is 0 Å². The summed E-state index contributed by atoms with van der Waals surface area (Å²) in [6, 6.07) is 11.1. The summed E-state index contributed by atoms with van der Waals surface area (Å²) in [7, 11) is 0. The lowest BCUT2D eigenvalue weighted by molar-refractivity contribution is -0.118. The molecule has 9 nitrogen and oxygen atoms in total. The third-order valence-electron chi connectivity index (χ3n) is 4.89. The van der Waals surface area contributed by atoms with Crippen molar-refractivity contribution in [1.29, 1.82) is 5.26 Å². The van der Waals surface area contributed by atoms with Gasteiger partial charge in [0.15, 0.2) is 0 Å². The highest BCUT2D eigenvalue weighted by molar-refractivity contribution is 6.14. The minimum atomic E-state index is -1.00. The number of hydrogen-bond donors (Lipinski definition) is 2. The van der Waals surface area contributed by atoms with Crippen LogP contribution in [-0.4, -0.2) is 53.2 Å². The van der Waals surface area contributed by atoms with E-state index in [4.69, 9.17) is 16.2 Å². The Bertz CT molecular complexity index is 875. The molecule has 4 N–H and O–H groups in total. The van der Waals surface area contributed by atoms with Crippen LogP contribution in [0.2, 0.25) is 0 Å². The van der Waals surface area contributed by atoms with Gasteiger partial charge in [-0.3, -0.25) is 9.79 Å². The number of rotatable bonds is 6. The van der Waals surface area contributed by atoms with Gasteiger partial charge in [0.2, 0.25) is 5.91 Å². The minimum Gasteiger partial charge on any atom is -0.444 e. The lowest BCUT2D eigenvalue weighted by Crippen LogP contribution is -2.47. The van der Waals surface area contributed by atoms with Crippen molar-refractivity contribution in [3.05, 3.63) is 30.3 Å². The van der Waals surface area contributed by atoms with E-state index in [1.807, 2.05) is 26.8 Å². The average Bonchev–Trinajstić information content (AvgIpc) is 2.68. The van der Waals surface area contributed by atoms with E-state index in [1.165, 1.54) is 6.21 Å². The number of likely N-dealkylation sites (tertiary alicyclic amines) is 1. The van der Waals surface area contributed by atoms with Crippen LogP contribution < -0.4 is 11.5 Å². The number of nitriles is 1. The molecule has 0 bridgehead atoms. The molecule has 1 aliphatic rings. The Morgan fingerprint density at radius 3 is 2.39 bits per heavy atom. The molecule has 31 heavy (non-hydrogen) atoms. The molecule has 2 rings (SSSR count). The van der Waals surface area contributed by atoms with Gasteiger partial charge in [-0.25, -0.2) is 9.79 Å². The number of amidine groups is 1. The summed E-state index contributed by atoms with van der Waals surface area (Å²) in [5, 5.41) is 9.32. The van der Waals surface area contributed by atoms with Crippen molar-refractivity contribution >= 4 is 29.7 Å². The lowest BCUT2D eigenvalue weighted by atomic mass is 9.85. The Hall–Kier alpha value is -3.41. The van der Waals surface area contributed by atoms with Gasteiger partial charge in [0.05, 0.1) is 23.7 Å². The summed E-state index contributed by atoms with van der Waals surface area (Å²) < 4.78 is 5.41. The van der Waals surface area contributed by atoms with Crippen LogP contribution in [0, 0.1) is 17.2 Å². The van der Waals surface area contributed by atoms with Gasteiger partial charge < -0.3 is 21.1 Å². The topological polar surface area (TPSA) is 147 Å². The second-order valence-electron chi connectivity index (χ2n) is 8.56. The molecule has 1 heterocycles. The number of carbonyl (C=O) groups is 2. The molecule has 0 aromatic heterocycles. The number of primary amides is 1. The van der Waals surface area contributed by atoms with Crippen molar-refractivity contribution in [1.82, 2.24) is 4.90 Å². The van der Waals surface area contributed by atoms with E-state index in [1.54, 1.807) is 29.2 Å². The molecule has 0 saturated carbocycles. The highest BCUT2D eigenvalue weighted by atomic mass is 16.6. The molecular formula is C22H30N6O3. The van der Waals surface area contributed by atoms with Crippen LogP contribution in [0.3, 0.4) is 0 Å². The Balaban J connectivity index is 2.15. The van der Waals surface area contributed by atoms with Crippen molar-refractivity contribution in [2.75, 3.05) is 13.1 Å². The lowest BCUT2D eigenvalue weighted by Gasteiger charge is -2.38. The monoisotopic (exact) mass is 426 g/mol. The molecule has 2 amide bonds. The fraction of sp³-hybridized carbons (Fsp3) is 0.500. The molecule has 9 heteroatoms. The molecule has 1 atom stereocenters. The van der Waals surface area contributed by atoms with Crippen LogP contribution in [0.4, 0.5) is 10.5 Å². The predicted octanol–water partition coefficient (Wildman–Crippen LogP) is 2.53. The van der Waals surface area contributed by atoms with Gasteiger partial charge in [-0.2, -0.15) is 5.26 Å². The normalized spacial score (nSPS) is 17.7. The third-order valence-corrected chi connectivity index (χ3v) is 4.89. The van der Waals surface area contributed by atoms with E-state index >= 15 is 0 Å². The van der Waals surface area contributed by atoms with Gasteiger partial charge in [-0.05, 0) is 45.7 Å². The maximum absolute atomic E-state index is 12.3. The highest BCUT2D eigenvalue weighted by Gasteiger charge is 2.37. The molecule has 0 spiro atoms. The molecular weight excluding hydrogens is 396 g/mol. The van der Waals surface area contributed by atoms with E-state index in [0.29, 0.717) is 31.6 Å². The maximum atomic E-state index is 12.3. The summed E-state index contributed by atoms with van der Waals surface area (Å²) in [5.74, 6) is -1.65. The summed E-state index contributed by atoms with van der Waals surface area (Å²) >= 11 is 0. The number of benzene rings is 1. The van der Waals surface area contributed by atoms with Crippen molar-refractivity contribution in [2.45, 2.75) is 51.2 Å². The molecule has 0 aliphatic carbocycles. The second-order valence-corrected chi connectivity index (χ2v) is 8.56. The summed E-state index contributed by atoms with van der Waals surface area (Å²) in [5.41, 5.74) is 10.8. The van der Waals surface area contributed by atoms with Gasteiger partial charge in [0, 0.05) is 19.3 Å². The fourth-order valence-electron chi connectivity index (χ4n) is 3.18. The zero-order valence-corrected chi connectivity index (χ0v) is 18.2. The molecule has 166 valence electrons. The first-order chi connectivity index (χ1) is 14.6. The van der Waals surface area contributed by atoms with Gasteiger partial charge in [-0.15, -0.1) is 0 Å². The molecule has 1 unspecified atom stereocenters. The number of nitrogens with two attached hydrogens (primary N) is 2. The van der Waals surface area contributed by atoms with E-state index < -0.39 is 29.1 Å². The average molecular weight is 427 g/mol. The largest absolute Gasteiger partial charge is 0.444 e. The van der Waals surface area contributed by atoms with Crippen LogP contribution in [0.1, 0.15) is 40.0 Å². The van der Waals surface area contributed by atoms with Crippen molar-refractivity contribution in [3.63, 3.8) is 0 Å². The van der Waals surface area contributed by atoms with Crippen molar-refractivity contribution in [2.24, 2.45) is 27.4 Å². The molecule has 1 fully saturated rings. The SMILES string of the molecule is CC(C)(C)OC(=O)N1CCC(CC#N)(N=CC(C(N)=O)C(N)=Nc2ccccc2)CC1. The van der Waals surface area contributed by atoms with Crippen molar-refractivity contribution < 1.29 is 14.3 Å². The first kappa shape index (κ1) is 23.9.